The van der Waals surface area contributed by atoms with Gasteiger partial charge in [-0.05, 0) is 55.2 Å². The molecule has 0 radical (unpaired) electrons. The molecule has 5 heteroatoms. The third-order valence-electron chi connectivity index (χ3n) is 4.82. The van der Waals surface area contributed by atoms with Gasteiger partial charge in [-0.3, -0.25) is 9.78 Å². The quantitative estimate of drug-likeness (QED) is 0.911. The second kappa shape index (κ2) is 8.01. The minimum atomic E-state index is 0.0139. The number of aromatic nitrogens is 1. The molecule has 1 amide bonds. The van der Waals surface area contributed by atoms with Gasteiger partial charge in [0, 0.05) is 51.2 Å². The molecule has 0 bridgehead atoms. The van der Waals surface area contributed by atoms with E-state index in [2.05, 4.69) is 21.3 Å². The van der Waals surface area contributed by atoms with E-state index < -0.39 is 0 Å². The highest BCUT2D eigenvalue weighted by molar-refractivity contribution is 5.94. The van der Waals surface area contributed by atoms with Crippen LogP contribution in [0.15, 0.2) is 48.8 Å². The summed E-state index contributed by atoms with van der Waals surface area (Å²) in [6.07, 6.45) is 5.90. The van der Waals surface area contributed by atoms with Crippen LogP contribution in [0.1, 0.15) is 23.2 Å². The first-order valence-electron chi connectivity index (χ1n) is 8.84. The summed E-state index contributed by atoms with van der Waals surface area (Å²) in [5.41, 5.74) is 3.00. The van der Waals surface area contributed by atoms with Crippen molar-refractivity contribution in [3.8, 4) is 0 Å². The molecule has 0 unspecified atom stereocenters. The number of nitrogens with one attached hydrogen (secondary N) is 1. The number of rotatable bonds is 5. The van der Waals surface area contributed by atoms with Crippen LogP contribution in [0.4, 0.5) is 11.4 Å². The highest BCUT2D eigenvalue weighted by Crippen LogP contribution is 2.22. The van der Waals surface area contributed by atoms with Crippen LogP contribution in [0.2, 0.25) is 0 Å². The molecule has 1 aliphatic rings. The number of hydrogen-bond acceptors (Lipinski definition) is 4. The molecule has 1 aromatic carbocycles. The molecule has 2 aromatic rings. The molecule has 5 nitrogen and oxygen atoms in total. The molecule has 1 aromatic heterocycles. The van der Waals surface area contributed by atoms with E-state index in [-0.39, 0.29) is 5.91 Å². The Morgan fingerprint density at radius 1 is 1.20 bits per heavy atom. The number of anilines is 2. The minimum Gasteiger partial charge on any atom is -0.378 e. The third kappa shape index (κ3) is 4.50. The van der Waals surface area contributed by atoms with E-state index in [9.17, 15) is 4.79 Å². The molecule has 25 heavy (non-hydrogen) atoms. The Morgan fingerprint density at radius 2 is 1.92 bits per heavy atom. The molecule has 0 saturated carbocycles. The van der Waals surface area contributed by atoms with Crippen molar-refractivity contribution in [2.24, 2.45) is 5.92 Å². The van der Waals surface area contributed by atoms with Crippen LogP contribution in [-0.2, 0) is 0 Å². The highest BCUT2D eigenvalue weighted by Gasteiger charge is 2.20. The number of nitrogens with zero attached hydrogens (tertiary/aromatic N) is 3. The fourth-order valence-corrected chi connectivity index (χ4v) is 3.19. The van der Waals surface area contributed by atoms with Gasteiger partial charge in [0.2, 0.25) is 0 Å². The summed E-state index contributed by atoms with van der Waals surface area (Å²) in [7, 11) is 3.99. The van der Waals surface area contributed by atoms with Crippen LogP contribution in [0, 0.1) is 5.92 Å². The second-order valence-electron chi connectivity index (χ2n) is 6.79. The number of amides is 1. The standard InChI is InChI=1S/C20H26N4O/c1-23(2)18-7-5-17(6-8-18)20(25)22-14-16-9-12-24(13-10-16)19-4-3-11-21-15-19/h3-8,11,15-16H,9-10,12-14H2,1-2H3,(H,22,25). The van der Waals surface area contributed by atoms with E-state index >= 15 is 0 Å². The van der Waals surface area contributed by atoms with E-state index in [1.807, 2.05) is 55.5 Å². The summed E-state index contributed by atoms with van der Waals surface area (Å²) in [6.45, 7) is 2.78. The molecule has 1 aliphatic heterocycles. The number of carbonyl (C=O) groups is 1. The largest absolute Gasteiger partial charge is 0.378 e. The van der Waals surface area contributed by atoms with Gasteiger partial charge in [-0.25, -0.2) is 0 Å². The van der Waals surface area contributed by atoms with Crippen molar-refractivity contribution < 1.29 is 4.79 Å². The Morgan fingerprint density at radius 3 is 2.52 bits per heavy atom. The molecule has 132 valence electrons. The molecule has 0 spiro atoms. The summed E-state index contributed by atoms with van der Waals surface area (Å²) in [5, 5.41) is 3.09. The maximum absolute atomic E-state index is 12.3. The molecule has 3 rings (SSSR count). The predicted octanol–water partition coefficient (Wildman–Crippen LogP) is 2.79. The average Bonchev–Trinajstić information content (AvgIpc) is 2.67. The second-order valence-corrected chi connectivity index (χ2v) is 6.79. The van der Waals surface area contributed by atoms with Crippen LogP contribution in [0.5, 0.6) is 0 Å². The molecule has 1 N–H and O–H groups in total. The van der Waals surface area contributed by atoms with Crippen molar-refractivity contribution in [1.82, 2.24) is 10.3 Å². The SMILES string of the molecule is CN(C)c1ccc(C(=O)NCC2CCN(c3cccnc3)CC2)cc1. The van der Waals surface area contributed by atoms with Gasteiger partial charge in [-0.2, -0.15) is 0 Å². The Kier molecular flexibility index (Phi) is 5.53. The van der Waals surface area contributed by atoms with Gasteiger partial charge in [0.25, 0.3) is 5.91 Å². The lowest BCUT2D eigenvalue weighted by Gasteiger charge is -2.33. The maximum Gasteiger partial charge on any atom is 0.251 e. The van der Waals surface area contributed by atoms with Crippen molar-refractivity contribution in [3.05, 3.63) is 54.4 Å². The minimum absolute atomic E-state index is 0.0139. The first kappa shape index (κ1) is 17.3. The molecular weight excluding hydrogens is 312 g/mol. The van der Waals surface area contributed by atoms with Crippen LogP contribution < -0.4 is 15.1 Å². The van der Waals surface area contributed by atoms with Gasteiger partial charge in [0.05, 0.1) is 11.9 Å². The Hall–Kier alpha value is -2.56. The summed E-state index contributed by atoms with van der Waals surface area (Å²) in [4.78, 5) is 20.9. The zero-order chi connectivity index (χ0) is 17.6. The lowest BCUT2D eigenvalue weighted by Crippen LogP contribution is -2.38. The fraction of sp³-hybridized carbons (Fsp3) is 0.400. The summed E-state index contributed by atoms with van der Waals surface area (Å²) in [5.74, 6) is 0.554. The zero-order valence-corrected chi connectivity index (χ0v) is 15.0. The fourth-order valence-electron chi connectivity index (χ4n) is 3.19. The molecule has 0 aliphatic carbocycles. The first-order valence-corrected chi connectivity index (χ1v) is 8.84. The first-order chi connectivity index (χ1) is 12.1. The van der Waals surface area contributed by atoms with E-state index in [4.69, 9.17) is 0 Å². The van der Waals surface area contributed by atoms with Gasteiger partial charge < -0.3 is 15.1 Å². The van der Waals surface area contributed by atoms with E-state index in [0.717, 1.165) is 43.7 Å². The molecule has 1 fully saturated rings. The van der Waals surface area contributed by atoms with Gasteiger partial charge in [0.15, 0.2) is 0 Å². The molecular formula is C20H26N4O. The number of hydrogen-bond donors (Lipinski definition) is 1. The van der Waals surface area contributed by atoms with Gasteiger partial charge in [0.1, 0.15) is 0 Å². The van der Waals surface area contributed by atoms with Crippen LogP contribution in [0.25, 0.3) is 0 Å². The predicted molar refractivity (Wildman–Crippen MR) is 102 cm³/mol. The van der Waals surface area contributed by atoms with E-state index in [1.165, 1.54) is 5.69 Å². The van der Waals surface area contributed by atoms with Crippen molar-refractivity contribution in [2.75, 3.05) is 43.5 Å². The number of piperidine rings is 1. The summed E-state index contributed by atoms with van der Waals surface area (Å²) < 4.78 is 0. The highest BCUT2D eigenvalue weighted by atomic mass is 16.1. The van der Waals surface area contributed by atoms with Gasteiger partial charge in [-0.1, -0.05) is 0 Å². The zero-order valence-electron chi connectivity index (χ0n) is 15.0. The monoisotopic (exact) mass is 338 g/mol. The van der Waals surface area contributed by atoms with E-state index in [0.29, 0.717) is 5.92 Å². The van der Waals surface area contributed by atoms with Crippen molar-refractivity contribution >= 4 is 17.3 Å². The van der Waals surface area contributed by atoms with Crippen LogP contribution in [-0.4, -0.2) is 44.6 Å². The van der Waals surface area contributed by atoms with E-state index in [1.54, 1.807) is 6.20 Å². The summed E-state index contributed by atoms with van der Waals surface area (Å²) >= 11 is 0. The van der Waals surface area contributed by atoms with Crippen molar-refractivity contribution in [1.29, 1.82) is 0 Å². The van der Waals surface area contributed by atoms with Gasteiger partial charge >= 0.3 is 0 Å². The Bertz CT molecular complexity index is 677. The summed E-state index contributed by atoms with van der Waals surface area (Å²) in [6, 6.07) is 11.8. The number of pyridine rings is 1. The number of carbonyl (C=O) groups excluding carboxylic acids is 1. The Balaban J connectivity index is 1.45. The van der Waals surface area contributed by atoms with Crippen molar-refractivity contribution in [2.45, 2.75) is 12.8 Å². The maximum atomic E-state index is 12.3. The van der Waals surface area contributed by atoms with Crippen LogP contribution >= 0.6 is 0 Å². The normalized spacial score (nSPS) is 15.0. The van der Waals surface area contributed by atoms with Crippen LogP contribution in [0.3, 0.4) is 0 Å². The number of benzene rings is 1. The topological polar surface area (TPSA) is 48.5 Å². The average molecular weight is 338 g/mol. The van der Waals surface area contributed by atoms with Crippen molar-refractivity contribution in [3.63, 3.8) is 0 Å². The molecule has 2 heterocycles. The van der Waals surface area contributed by atoms with Gasteiger partial charge in [-0.15, -0.1) is 0 Å². The lowest BCUT2D eigenvalue weighted by molar-refractivity contribution is 0.0945. The Labute approximate surface area is 149 Å². The molecule has 1 saturated heterocycles. The third-order valence-corrected chi connectivity index (χ3v) is 4.82. The lowest BCUT2D eigenvalue weighted by atomic mass is 9.96. The molecule has 0 atom stereocenters. The smallest absolute Gasteiger partial charge is 0.251 e.